The molecule has 20 heavy (non-hydrogen) atoms. The van der Waals surface area contributed by atoms with Crippen molar-refractivity contribution in [1.82, 2.24) is 25.5 Å². The number of nitrogens with zero attached hydrogens (tertiary/aromatic N) is 4. The van der Waals surface area contributed by atoms with Crippen LogP contribution in [0.3, 0.4) is 0 Å². The summed E-state index contributed by atoms with van der Waals surface area (Å²) in [6.07, 6.45) is 4.81. The van der Waals surface area contributed by atoms with E-state index >= 15 is 0 Å². The van der Waals surface area contributed by atoms with E-state index in [0.29, 0.717) is 13.2 Å². The van der Waals surface area contributed by atoms with E-state index in [9.17, 15) is 4.79 Å². The standard InChI is InChI=1S/C12H19N5O3/c18-12(5-17-8-13-15-16-17)14-10-7-19-4-3-11(10)20-6-9-1-2-9/h8-11H,1-7H2,(H,14,18)/t10-,11+/m1/s1. The lowest BCUT2D eigenvalue weighted by Crippen LogP contribution is -2.51. The molecule has 1 aliphatic carbocycles. The van der Waals surface area contributed by atoms with Gasteiger partial charge in [-0.2, -0.15) is 0 Å². The van der Waals surface area contributed by atoms with Crippen molar-refractivity contribution in [1.29, 1.82) is 0 Å². The molecular weight excluding hydrogens is 262 g/mol. The number of hydrogen-bond acceptors (Lipinski definition) is 6. The van der Waals surface area contributed by atoms with E-state index in [1.165, 1.54) is 23.9 Å². The van der Waals surface area contributed by atoms with Gasteiger partial charge in [-0.15, -0.1) is 5.10 Å². The van der Waals surface area contributed by atoms with Crippen LogP contribution in [-0.4, -0.2) is 58.1 Å². The molecule has 1 saturated carbocycles. The number of nitrogens with one attached hydrogen (secondary N) is 1. The monoisotopic (exact) mass is 281 g/mol. The first kappa shape index (κ1) is 13.4. The summed E-state index contributed by atoms with van der Waals surface area (Å²) in [5.41, 5.74) is 0. The molecule has 0 unspecified atom stereocenters. The van der Waals surface area contributed by atoms with Gasteiger partial charge in [-0.3, -0.25) is 4.79 Å². The Hall–Kier alpha value is -1.54. The van der Waals surface area contributed by atoms with E-state index in [1.807, 2.05) is 0 Å². The highest BCUT2D eigenvalue weighted by Gasteiger charge is 2.30. The van der Waals surface area contributed by atoms with E-state index in [-0.39, 0.29) is 24.6 Å². The van der Waals surface area contributed by atoms with Crippen molar-refractivity contribution in [2.24, 2.45) is 5.92 Å². The molecule has 2 fully saturated rings. The lowest BCUT2D eigenvalue weighted by Gasteiger charge is -2.32. The summed E-state index contributed by atoms with van der Waals surface area (Å²) in [4.78, 5) is 11.9. The summed E-state index contributed by atoms with van der Waals surface area (Å²) in [5, 5.41) is 13.6. The maximum Gasteiger partial charge on any atom is 0.242 e. The molecule has 8 nitrogen and oxygen atoms in total. The molecular formula is C12H19N5O3. The normalized spacial score (nSPS) is 26.4. The van der Waals surface area contributed by atoms with Crippen molar-refractivity contribution in [3.05, 3.63) is 6.33 Å². The molecule has 2 heterocycles. The lowest BCUT2D eigenvalue weighted by atomic mass is 10.1. The van der Waals surface area contributed by atoms with Crippen molar-refractivity contribution in [2.45, 2.75) is 38.0 Å². The minimum atomic E-state index is -0.132. The van der Waals surface area contributed by atoms with E-state index < -0.39 is 0 Å². The van der Waals surface area contributed by atoms with Gasteiger partial charge in [-0.25, -0.2) is 4.68 Å². The van der Waals surface area contributed by atoms with Crippen LogP contribution in [-0.2, 0) is 20.8 Å². The quantitative estimate of drug-likeness (QED) is 0.747. The molecule has 8 heteroatoms. The van der Waals surface area contributed by atoms with E-state index in [4.69, 9.17) is 9.47 Å². The highest BCUT2D eigenvalue weighted by Crippen LogP contribution is 2.30. The van der Waals surface area contributed by atoms with E-state index in [2.05, 4.69) is 20.8 Å². The molecule has 1 aliphatic heterocycles. The Kier molecular flexibility index (Phi) is 4.22. The molecule has 110 valence electrons. The van der Waals surface area contributed by atoms with Crippen molar-refractivity contribution in [2.75, 3.05) is 19.8 Å². The number of tetrazole rings is 1. The van der Waals surface area contributed by atoms with Crippen molar-refractivity contribution in [3.8, 4) is 0 Å². The smallest absolute Gasteiger partial charge is 0.242 e. The predicted molar refractivity (Wildman–Crippen MR) is 67.6 cm³/mol. The molecule has 2 atom stereocenters. The topological polar surface area (TPSA) is 91.2 Å². The molecule has 0 bridgehead atoms. The minimum absolute atomic E-state index is 0.0437. The Morgan fingerprint density at radius 2 is 2.35 bits per heavy atom. The molecule has 0 radical (unpaired) electrons. The largest absolute Gasteiger partial charge is 0.379 e. The Morgan fingerprint density at radius 1 is 1.45 bits per heavy atom. The number of amides is 1. The van der Waals surface area contributed by atoms with Gasteiger partial charge in [0.2, 0.25) is 5.91 Å². The zero-order chi connectivity index (χ0) is 13.8. The third kappa shape index (κ3) is 3.73. The predicted octanol–water partition coefficient (Wildman–Crippen LogP) is -0.627. The van der Waals surface area contributed by atoms with Crippen LogP contribution in [0.5, 0.6) is 0 Å². The lowest BCUT2D eigenvalue weighted by molar-refractivity contribution is -0.127. The minimum Gasteiger partial charge on any atom is -0.379 e. The Bertz CT molecular complexity index is 434. The van der Waals surface area contributed by atoms with Crippen LogP contribution in [0, 0.1) is 5.92 Å². The summed E-state index contributed by atoms with van der Waals surface area (Å²) in [6, 6.07) is -0.0912. The van der Waals surface area contributed by atoms with Gasteiger partial charge in [0.05, 0.1) is 18.8 Å². The summed E-state index contributed by atoms with van der Waals surface area (Å²) < 4.78 is 12.7. The van der Waals surface area contributed by atoms with Gasteiger partial charge in [-0.05, 0) is 35.6 Å². The molecule has 0 spiro atoms. The Labute approximate surface area is 116 Å². The number of carbonyl (C=O) groups excluding carboxylic acids is 1. The molecule has 1 saturated heterocycles. The average Bonchev–Trinajstić information content (AvgIpc) is 3.14. The summed E-state index contributed by atoms with van der Waals surface area (Å²) in [5.74, 6) is 0.586. The summed E-state index contributed by atoms with van der Waals surface area (Å²) >= 11 is 0. The molecule has 1 aromatic rings. The number of rotatable bonds is 6. The van der Waals surface area contributed by atoms with Gasteiger partial charge in [-0.1, -0.05) is 0 Å². The zero-order valence-corrected chi connectivity index (χ0v) is 11.3. The first-order chi connectivity index (χ1) is 9.81. The van der Waals surface area contributed by atoms with E-state index in [0.717, 1.165) is 18.9 Å². The van der Waals surface area contributed by atoms with Crippen LogP contribution in [0.15, 0.2) is 6.33 Å². The second-order valence-electron chi connectivity index (χ2n) is 5.36. The second kappa shape index (κ2) is 6.27. The fourth-order valence-electron chi connectivity index (χ4n) is 2.25. The van der Waals surface area contributed by atoms with Gasteiger partial charge in [0.1, 0.15) is 12.9 Å². The van der Waals surface area contributed by atoms with Gasteiger partial charge >= 0.3 is 0 Å². The van der Waals surface area contributed by atoms with Crippen LogP contribution >= 0.6 is 0 Å². The fourth-order valence-corrected chi connectivity index (χ4v) is 2.25. The SMILES string of the molecule is O=C(Cn1cnnn1)N[C@@H]1COCC[C@@H]1OCC1CC1. The number of hydrogen-bond donors (Lipinski definition) is 1. The maximum absolute atomic E-state index is 11.9. The number of carbonyl (C=O) groups is 1. The number of ether oxygens (including phenoxy) is 2. The van der Waals surface area contributed by atoms with Crippen molar-refractivity contribution in [3.63, 3.8) is 0 Å². The Morgan fingerprint density at radius 3 is 3.10 bits per heavy atom. The molecule has 1 amide bonds. The van der Waals surface area contributed by atoms with E-state index in [1.54, 1.807) is 0 Å². The maximum atomic E-state index is 11.9. The fraction of sp³-hybridized carbons (Fsp3) is 0.833. The molecule has 0 aromatic carbocycles. The van der Waals surface area contributed by atoms with Crippen LogP contribution in [0.2, 0.25) is 0 Å². The zero-order valence-electron chi connectivity index (χ0n) is 11.3. The first-order valence-corrected chi connectivity index (χ1v) is 7.01. The average molecular weight is 281 g/mol. The van der Waals surface area contributed by atoms with Crippen LogP contribution in [0.25, 0.3) is 0 Å². The van der Waals surface area contributed by atoms with Crippen LogP contribution in [0.1, 0.15) is 19.3 Å². The van der Waals surface area contributed by atoms with Crippen molar-refractivity contribution >= 4 is 5.91 Å². The third-order valence-corrected chi connectivity index (χ3v) is 3.58. The van der Waals surface area contributed by atoms with Gasteiger partial charge in [0, 0.05) is 13.2 Å². The highest BCUT2D eigenvalue weighted by molar-refractivity contribution is 5.76. The highest BCUT2D eigenvalue weighted by atomic mass is 16.5. The van der Waals surface area contributed by atoms with Gasteiger partial charge < -0.3 is 14.8 Å². The van der Waals surface area contributed by atoms with Gasteiger partial charge in [0.15, 0.2) is 0 Å². The molecule has 2 aliphatic rings. The number of aromatic nitrogens is 4. The van der Waals surface area contributed by atoms with Crippen molar-refractivity contribution < 1.29 is 14.3 Å². The first-order valence-electron chi connectivity index (χ1n) is 7.01. The Balaban J connectivity index is 1.48. The summed E-state index contributed by atoms with van der Waals surface area (Å²) in [7, 11) is 0. The van der Waals surface area contributed by atoms with Gasteiger partial charge in [0.25, 0.3) is 0 Å². The third-order valence-electron chi connectivity index (χ3n) is 3.58. The van der Waals surface area contributed by atoms with Crippen LogP contribution in [0.4, 0.5) is 0 Å². The molecule has 1 aromatic heterocycles. The van der Waals surface area contributed by atoms with Crippen LogP contribution < -0.4 is 5.32 Å². The summed E-state index contributed by atoms with van der Waals surface area (Å²) in [6.45, 7) is 2.09. The molecule has 1 N–H and O–H groups in total. The molecule has 3 rings (SSSR count). The second-order valence-corrected chi connectivity index (χ2v) is 5.36.